The van der Waals surface area contributed by atoms with E-state index in [-0.39, 0.29) is 10.8 Å². The van der Waals surface area contributed by atoms with Gasteiger partial charge >= 0.3 is 0 Å². The molecule has 0 radical (unpaired) electrons. The highest BCUT2D eigenvalue weighted by molar-refractivity contribution is 5.51. The summed E-state index contributed by atoms with van der Waals surface area (Å²) >= 11 is 0. The second kappa shape index (κ2) is 3.07. The van der Waals surface area contributed by atoms with Crippen molar-refractivity contribution in [1.29, 1.82) is 0 Å². The van der Waals surface area contributed by atoms with Crippen molar-refractivity contribution < 1.29 is 9.90 Å². The first-order valence-electron chi connectivity index (χ1n) is 6.24. The normalized spacial score (nSPS) is 52.1. The molecule has 4 aliphatic carbocycles. The number of aliphatic hydroxyl groups excluding tert-OH is 1. The van der Waals surface area contributed by atoms with E-state index in [9.17, 15) is 9.90 Å². The largest absolute Gasteiger partial charge is 0.396 e. The smallest absolute Gasteiger partial charge is 0.120 e. The van der Waals surface area contributed by atoms with Gasteiger partial charge in [-0.3, -0.25) is 0 Å². The van der Waals surface area contributed by atoms with Crippen LogP contribution >= 0.6 is 0 Å². The molecule has 0 aromatic rings. The standard InChI is InChI=1S/C13H20O2/c14-2-1-12-4-10-3-11(5-12)7-13(6-10,8-12)9-15/h2,10-11,15H,1,3-9H2. The van der Waals surface area contributed by atoms with Gasteiger partial charge in [0.1, 0.15) is 6.29 Å². The fourth-order valence-corrected chi connectivity index (χ4v) is 5.25. The van der Waals surface area contributed by atoms with Crippen LogP contribution in [0.15, 0.2) is 0 Å². The summed E-state index contributed by atoms with van der Waals surface area (Å²) in [5.74, 6) is 1.61. The van der Waals surface area contributed by atoms with Gasteiger partial charge in [-0.25, -0.2) is 0 Å². The molecule has 1 N–H and O–H groups in total. The number of aldehydes is 1. The van der Waals surface area contributed by atoms with Crippen molar-refractivity contribution >= 4 is 6.29 Å². The molecule has 0 saturated heterocycles. The van der Waals surface area contributed by atoms with Crippen LogP contribution in [-0.2, 0) is 4.79 Å². The first-order chi connectivity index (χ1) is 7.19. The highest BCUT2D eigenvalue weighted by Crippen LogP contribution is 2.65. The zero-order chi connectivity index (χ0) is 10.5. The van der Waals surface area contributed by atoms with E-state index in [0.29, 0.717) is 6.61 Å². The van der Waals surface area contributed by atoms with Crippen LogP contribution in [0.25, 0.3) is 0 Å². The molecule has 4 bridgehead atoms. The Labute approximate surface area is 91.1 Å². The number of hydrogen-bond donors (Lipinski definition) is 1. The zero-order valence-corrected chi connectivity index (χ0v) is 9.24. The molecular formula is C13H20O2. The lowest BCUT2D eigenvalue weighted by atomic mass is 9.44. The highest BCUT2D eigenvalue weighted by atomic mass is 16.3. The van der Waals surface area contributed by atoms with Crippen molar-refractivity contribution in [3.8, 4) is 0 Å². The van der Waals surface area contributed by atoms with Crippen LogP contribution in [0.4, 0.5) is 0 Å². The summed E-state index contributed by atoms with van der Waals surface area (Å²) in [5.41, 5.74) is 0.488. The minimum atomic E-state index is 0.201. The number of carbonyl (C=O) groups is 1. The molecule has 0 aliphatic heterocycles. The van der Waals surface area contributed by atoms with E-state index < -0.39 is 0 Å². The van der Waals surface area contributed by atoms with Gasteiger partial charge in [-0.1, -0.05) is 0 Å². The van der Waals surface area contributed by atoms with Gasteiger partial charge in [0.05, 0.1) is 0 Å². The topological polar surface area (TPSA) is 37.3 Å². The summed E-state index contributed by atoms with van der Waals surface area (Å²) in [7, 11) is 0. The summed E-state index contributed by atoms with van der Waals surface area (Å²) in [6, 6.07) is 0. The number of carbonyl (C=O) groups excluding carboxylic acids is 1. The first-order valence-corrected chi connectivity index (χ1v) is 6.24. The SMILES string of the molecule is O=CCC12CC3CC(CC(CO)(C3)C1)C2. The maximum Gasteiger partial charge on any atom is 0.120 e. The lowest BCUT2D eigenvalue weighted by molar-refractivity contribution is -0.138. The van der Waals surface area contributed by atoms with Gasteiger partial charge < -0.3 is 9.90 Å². The Morgan fingerprint density at radius 3 is 2.27 bits per heavy atom. The molecule has 0 amide bonds. The summed E-state index contributed by atoms with van der Waals surface area (Å²) in [5, 5.41) is 9.63. The molecule has 2 heteroatoms. The molecule has 2 nitrogen and oxygen atoms in total. The zero-order valence-electron chi connectivity index (χ0n) is 9.24. The van der Waals surface area contributed by atoms with Gasteiger partial charge in [-0.15, -0.1) is 0 Å². The average molecular weight is 208 g/mol. The summed E-state index contributed by atoms with van der Waals surface area (Å²) in [4.78, 5) is 10.8. The predicted molar refractivity (Wildman–Crippen MR) is 57.3 cm³/mol. The highest BCUT2D eigenvalue weighted by Gasteiger charge is 2.56. The monoisotopic (exact) mass is 208 g/mol. The fraction of sp³-hybridized carbons (Fsp3) is 0.923. The molecule has 4 fully saturated rings. The third-order valence-electron chi connectivity index (χ3n) is 5.16. The Hall–Kier alpha value is -0.370. The van der Waals surface area contributed by atoms with Gasteiger partial charge in [0, 0.05) is 13.0 Å². The molecule has 4 saturated carbocycles. The third-order valence-corrected chi connectivity index (χ3v) is 5.16. The van der Waals surface area contributed by atoms with Gasteiger partial charge in [0.2, 0.25) is 0 Å². The van der Waals surface area contributed by atoms with Crippen molar-refractivity contribution in [2.75, 3.05) is 6.61 Å². The summed E-state index contributed by atoms with van der Waals surface area (Å²) in [6.45, 7) is 0.348. The van der Waals surface area contributed by atoms with Crippen LogP contribution < -0.4 is 0 Å². The van der Waals surface area contributed by atoms with Crippen LogP contribution in [0, 0.1) is 22.7 Å². The number of hydrogen-bond acceptors (Lipinski definition) is 2. The molecule has 4 rings (SSSR count). The third kappa shape index (κ3) is 1.37. The van der Waals surface area contributed by atoms with Gasteiger partial charge in [-0.2, -0.15) is 0 Å². The molecular weight excluding hydrogens is 188 g/mol. The van der Waals surface area contributed by atoms with Gasteiger partial charge in [-0.05, 0) is 61.2 Å². The maximum absolute atomic E-state index is 10.8. The van der Waals surface area contributed by atoms with E-state index in [1.807, 2.05) is 0 Å². The van der Waals surface area contributed by atoms with Crippen molar-refractivity contribution in [3.05, 3.63) is 0 Å². The molecule has 0 heterocycles. The molecule has 0 aromatic carbocycles. The first kappa shape index (κ1) is 9.83. The Kier molecular flexibility index (Phi) is 2.01. The van der Waals surface area contributed by atoms with Crippen molar-refractivity contribution in [1.82, 2.24) is 0 Å². The maximum atomic E-state index is 10.8. The molecule has 2 unspecified atom stereocenters. The van der Waals surface area contributed by atoms with Crippen molar-refractivity contribution in [2.45, 2.75) is 44.9 Å². The molecule has 15 heavy (non-hydrogen) atoms. The molecule has 84 valence electrons. The summed E-state index contributed by atoms with van der Waals surface area (Å²) in [6.07, 6.45) is 9.28. The van der Waals surface area contributed by atoms with Gasteiger partial charge in [0.15, 0.2) is 0 Å². The lowest BCUT2D eigenvalue weighted by Gasteiger charge is -2.61. The van der Waals surface area contributed by atoms with E-state index in [1.165, 1.54) is 32.1 Å². The van der Waals surface area contributed by atoms with E-state index >= 15 is 0 Å². The van der Waals surface area contributed by atoms with Crippen molar-refractivity contribution in [2.24, 2.45) is 22.7 Å². The lowest BCUT2D eigenvalue weighted by Crippen LogP contribution is -2.53. The van der Waals surface area contributed by atoms with Crippen LogP contribution in [0.3, 0.4) is 0 Å². The van der Waals surface area contributed by atoms with E-state index in [0.717, 1.165) is 31.0 Å². The average Bonchev–Trinajstić information content (AvgIpc) is 2.15. The van der Waals surface area contributed by atoms with Gasteiger partial charge in [0.25, 0.3) is 0 Å². The van der Waals surface area contributed by atoms with Crippen LogP contribution in [0.1, 0.15) is 44.9 Å². The van der Waals surface area contributed by atoms with E-state index in [4.69, 9.17) is 0 Å². The minimum Gasteiger partial charge on any atom is -0.396 e. The second-order valence-corrected chi connectivity index (χ2v) is 6.49. The fourth-order valence-electron chi connectivity index (χ4n) is 5.25. The van der Waals surface area contributed by atoms with Crippen LogP contribution in [0.2, 0.25) is 0 Å². The summed E-state index contributed by atoms with van der Waals surface area (Å²) < 4.78 is 0. The molecule has 0 spiro atoms. The predicted octanol–water partition coefficient (Wildman–Crippen LogP) is 2.15. The Morgan fingerprint density at radius 2 is 1.73 bits per heavy atom. The Bertz CT molecular complexity index is 270. The Balaban J connectivity index is 1.91. The minimum absolute atomic E-state index is 0.201. The van der Waals surface area contributed by atoms with Crippen molar-refractivity contribution in [3.63, 3.8) is 0 Å². The molecule has 4 aliphatic rings. The molecule has 2 atom stereocenters. The molecule has 0 aromatic heterocycles. The van der Waals surface area contributed by atoms with Crippen LogP contribution in [0.5, 0.6) is 0 Å². The Morgan fingerprint density at radius 1 is 1.13 bits per heavy atom. The van der Waals surface area contributed by atoms with Crippen LogP contribution in [-0.4, -0.2) is 18.0 Å². The second-order valence-electron chi connectivity index (χ2n) is 6.49. The van der Waals surface area contributed by atoms with E-state index in [2.05, 4.69) is 0 Å². The number of rotatable bonds is 3. The number of aliphatic hydroxyl groups is 1. The van der Waals surface area contributed by atoms with E-state index in [1.54, 1.807) is 0 Å². The quantitative estimate of drug-likeness (QED) is 0.722.